The molecule has 4 nitrogen and oxygen atoms in total. The Hall–Kier alpha value is -2.10. The van der Waals surface area contributed by atoms with Gasteiger partial charge in [0.1, 0.15) is 11.6 Å². The molecule has 1 aromatic heterocycles. The van der Waals surface area contributed by atoms with Gasteiger partial charge < -0.3 is 10.5 Å². The van der Waals surface area contributed by atoms with Crippen LogP contribution in [0.3, 0.4) is 0 Å². The maximum absolute atomic E-state index is 5.50. The van der Waals surface area contributed by atoms with Crippen LogP contribution < -0.4 is 10.5 Å². The zero-order chi connectivity index (χ0) is 12.3. The monoisotopic (exact) mass is 229 g/mol. The van der Waals surface area contributed by atoms with Gasteiger partial charge in [-0.2, -0.15) is 0 Å². The molecule has 0 saturated heterocycles. The number of nitrogens with zero attached hydrogens (tertiary/aromatic N) is 2. The van der Waals surface area contributed by atoms with E-state index in [1.165, 1.54) is 0 Å². The Kier molecular flexibility index (Phi) is 3.23. The summed E-state index contributed by atoms with van der Waals surface area (Å²) in [6.07, 6.45) is 0. The minimum Gasteiger partial charge on any atom is -0.494 e. The molecule has 0 amide bonds. The Bertz CT molecular complexity index is 509. The minimum atomic E-state index is 0.427. The predicted molar refractivity (Wildman–Crippen MR) is 67.8 cm³/mol. The summed E-state index contributed by atoms with van der Waals surface area (Å²) in [4.78, 5) is 0. The molecule has 2 aromatic rings. The minimum absolute atomic E-state index is 0.427. The van der Waals surface area contributed by atoms with E-state index in [9.17, 15) is 0 Å². The van der Waals surface area contributed by atoms with Crippen molar-refractivity contribution in [2.45, 2.75) is 13.8 Å². The molecule has 0 fully saturated rings. The van der Waals surface area contributed by atoms with Gasteiger partial charge in [-0.1, -0.05) is 0 Å². The number of anilines is 1. The number of nitrogen functional groups attached to an aromatic ring is 1. The van der Waals surface area contributed by atoms with E-state index in [0.29, 0.717) is 12.4 Å². The number of nitrogens with two attached hydrogens (primary N) is 1. The summed E-state index contributed by atoms with van der Waals surface area (Å²) in [7, 11) is 0. The van der Waals surface area contributed by atoms with Crippen LogP contribution in [0.4, 0.5) is 5.82 Å². The SMILES string of the molecule is CCOc1ccc(-c2ccc(N)nn2)cc1C. The lowest BCUT2D eigenvalue weighted by Crippen LogP contribution is -1.96. The van der Waals surface area contributed by atoms with Crippen molar-refractivity contribution in [2.75, 3.05) is 12.3 Å². The summed E-state index contributed by atoms with van der Waals surface area (Å²) in [5.74, 6) is 1.33. The van der Waals surface area contributed by atoms with Crippen molar-refractivity contribution in [3.05, 3.63) is 35.9 Å². The van der Waals surface area contributed by atoms with Gasteiger partial charge in [-0.15, -0.1) is 10.2 Å². The van der Waals surface area contributed by atoms with Crippen LogP contribution in [-0.2, 0) is 0 Å². The lowest BCUT2D eigenvalue weighted by molar-refractivity contribution is 0.338. The molecule has 0 atom stereocenters. The Labute approximate surface area is 100 Å². The van der Waals surface area contributed by atoms with Crippen molar-refractivity contribution < 1.29 is 4.74 Å². The maximum atomic E-state index is 5.50. The summed E-state index contributed by atoms with van der Waals surface area (Å²) in [6, 6.07) is 9.56. The van der Waals surface area contributed by atoms with Gasteiger partial charge in [-0.25, -0.2) is 0 Å². The van der Waals surface area contributed by atoms with E-state index >= 15 is 0 Å². The lowest BCUT2D eigenvalue weighted by atomic mass is 10.1. The highest BCUT2D eigenvalue weighted by Gasteiger charge is 2.04. The van der Waals surface area contributed by atoms with Gasteiger partial charge in [0.2, 0.25) is 0 Å². The fourth-order valence-electron chi connectivity index (χ4n) is 1.62. The Balaban J connectivity index is 2.34. The van der Waals surface area contributed by atoms with Gasteiger partial charge in [0.15, 0.2) is 0 Å². The molecular weight excluding hydrogens is 214 g/mol. The predicted octanol–water partition coefficient (Wildman–Crippen LogP) is 2.43. The van der Waals surface area contributed by atoms with Crippen LogP contribution in [0.1, 0.15) is 12.5 Å². The second-order valence-corrected chi connectivity index (χ2v) is 3.76. The first-order valence-electron chi connectivity index (χ1n) is 5.53. The van der Waals surface area contributed by atoms with E-state index in [4.69, 9.17) is 10.5 Å². The van der Waals surface area contributed by atoms with Crippen LogP contribution in [0, 0.1) is 6.92 Å². The van der Waals surface area contributed by atoms with Crippen molar-refractivity contribution >= 4 is 5.82 Å². The fraction of sp³-hybridized carbons (Fsp3) is 0.231. The summed E-state index contributed by atoms with van der Waals surface area (Å²) < 4.78 is 5.49. The van der Waals surface area contributed by atoms with Gasteiger partial charge in [0.05, 0.1) is 12.3 Å². The van der Waals surface area contributed by atoms with Crippen LogP contribution in [0.2, 0.25) is 0 Å². The van der Waals surface area contributed by atoms with E-state index in [1.54, 1.807) is 6.07 Å². The molecule has 1 heterocycles. The van der Waals surface area contributed by atoms with E-state index in [0.717, 1.165) is 22.6 Å². The Morgan fingerprint density at radius 2 is 2.00 bits per heavy atom. The second kappa shape index (κ2) is 4.82. The van der Waals surface area contributed by atoms with Gasteiger partial charge in [0.25, 0.3) is 0 Å². The van der Waals surface area contributed by atoms with Crippen LogP contribution >= 0.6 is 0 Å². The van der Waals surface area contributed by atoms with Crippen LogP contribution in [0.25, 0.3) is 11.3 Å². The van der Waals surface area contributed by atoms with Crippen LogP contribution in [0.5, 0.6) is 5.75 Å². The molecule has 4 heteroatoms. The number of ether oxygens (including phenoxy) is 1. The molecule has 2 N–H and O–H groups in total. The molecule has 0 aliphatic rings. The Morgan fingerprint density at radius 1 is 1.18 bits per heavy atom. The first-order chi connectivity index (χ1) is 8.20. The van der Waals surface area contributed by atoms with Crippen molar-refractivity contribution in [3.8, 4) is 17.0 Å². The summed E-state index contributed by atoms with van der Waals surface area (Å²) >= 11 is 0. The number of hydrogen-bond donors (Lipinski definition) is 1. The smallest absolute Gasteiger partial charge is 0.146 e. The van der Waals surface area contributed by atoms with Gasteiger partial charge in [-0.05, 0) is 49.7 Å². The molecular formula is C13H15N3O. The van der Waals surface area contributed by atoms with Gasteiger partial charge >= 0.3 is 0 Å². The molecule has 0 saturated carbocycles. The fourth-order valence-corrected chi connectivity index (χ4v) is 1.62. The molecule has 0 spiro atoms. The molecule has 0 aliphatic carbocycles. The quantitative estimate of drug-likeness (QED) is 0.878. The molecule has 2 rings (SSSR count). The number of aromatic nitrogens is 2. The maximum Gasteiger partial charge on any atom is 0.146 e. The van der Waals surface area contributed by atoms with E-state index in [2.05, 4.69) is 10.2 Å². The third-order valence-corrected chi connectivity index (χ3v) is 2.46. The largest absolute Gasteiger partial charge is 0.494 e. The van der Waals surface area contributed by atoms with E-state index in [-0.39, 0.29) is 0 Å². The van der Waals surface area contributed by atoms with Crippen molar-refractivity contribution in [3.63, 3.8) is 0 Å². The third kappa shape index (κ3) is 2.53. The first-order valence-corrected chi connectivity index (χ1v) is 5.53. The number of aryl methyl sites for hydroxylation is 1. The lowest BCUT2D eigenvalue weighted by Gasteiger charge is -2.08. The zero-order valence-corrected chi connectivity index (χ0v) is 9.97. The van der Waals surface area contributed by atoms with Crippen molar-refractivity contribution in [1.82, 2.24) is 10.2 Å². The number of rotatable bonds is 3. The summed E-state index contributed by atoms with van der Waals surface area (Å²) in [5, 5.41) is 7.89. The Morgan fingerprint density at radius 3 is 2.59 bits per heavy atom. The second-order valence-electron chi connectivity index (χ2n) is 3.76. The standard InChI is InChI=1S/C13H15N3O/c1-3-17-12-6-4-10(8-9(12)2)11-5-7-13(14)16-15-11/h4-8H,3H2,1-2H3,(H2,14,16). The highest BCUT2D eigenvalue weighted by molar-refractivity contribution is 5.62. The molecule has 88 valence electrons. The van der Waals surface area contributed by atoms with Gasteiger partial charge in [0, 0.05) is 5.56 Å². The first kappa shape index (κ1) is 11.4. The molecule has 1 aromatic carbocycles. The van der Waals surface area contributed by atoms with E-state index < -0.39 is 0 Å². The molecule has 0 unspecified atom stereocenters. The average Bonchev–Trinajstić information content (AvgIpc) is 2.33. The van der Waals surface area contributed by atoms with Crippen LogP contribution in [0.15, 0.2) is 30.3 Å². The summed E-state index contributed by atoms with van der Waals surface area (Å²) in [6.45, 7) is 4.65. The number of benzene rings is 1. The topological polar surface area (TPSA) is 61.0 Å². The van der Waals surface area contributed by atoms with E-state index in [1.807, 2.05) is 38.1 Å². The average molecular weight is 229 g/mol. The molecule has 0 aliphatic heterocycles. The molecule has 0 bridgehead atoms. The third-order valence-electron chi connectivity index (χ3n) is 2.46. The molecule has 17 heavy (non-hydrogen) atoms. The zero-order valence-electron chi connectivity index (χ0n) is 9.97. The van der Waals surface area contributed by atoms with Gasteiger partial charge in [-0.3, -0.25) is 0 Å². The normalized spacial score (nSPS) is 10.2. The van der Waals surface area contributed by atoms with Crippen molar-refractivity contribution in [1.29, 1.82) is 0 Å². The summed E-state index contributed by atoms with van der Waals surface area (Å²) in [5.41, 5.74) is 8.41. The highest BCUT2D eigenvalue weighted by Crippen LogP contribution is 2.24. The van der Waals surface area contributed by atoms with Crippen molar-refractivity contribution in [2.24, 2.45) is 0 Å². The highest BCUT2D eigenvalue weighted by atomic mass is 16.5. The molecule has 0 radical (unpaired) electrons. The number of hydrogen-bond acceptors (Lipinski definition) is 4. The van der Waals surface area contributed by atoms with Crippen LogP contribution in [-0.4, -0.2) is 16.8 Å².